The van der Waals surface area contributed by atoms with Gasteiger partial charge in [-0.15, -0.1) is 0 Å². The summed E-state index contributed by atoms with van der Waals surface area (Å²) in [5.41, 5.74) is 2.02. The van der Waals surface area contributed by atoms with E-state index in [0.29, 0.717) is 34.2 Å². The third-order valence-electron chi connectivity index (χ3n) is 5.73. The molecular weight excluding hydrogens is 467 g/mol. The molecule has 1 aromatic carbocycles. The molecule has 4 heterocycles. The maximum absolute atomic E-state index is 13.6. The van der Waals surface area contributed by atoms with Crippen molar-refractivity contribution in [3.8, 4) is 28.7 Å². The number of amides is 1. The van der Waals surface area contributed by atoms with Crippen LogP contribution in [-0.4, -0.2) is 51.2 Å². The van der Waals surface area contributed by atoms with Gasteiger partial charge in [0.25, 0.3) is 0 Å². The highest BCUT2D eigenvalue weighted by atomic mass is 19.1. The molecule has 4 aromatic rings. The molecule has 0 radical (unpaired) electrons. The number of rotatable bonds is 6. The Morgan fingerprint density at radius 2 is 1.81 bits per heavy atom. The molecule has 1 saturated heterocycles. The van der Waals surface area contributed by atoms with Crippen LogP contribution in [-0.2, 0) is 14.3 Å². The molecular formula is C25H23FN6O4. The summed E-state index contributed by atoms with van der Waals surface area (Å²) < 4.78 is 30.6. The van der Waals surface area contributed by atoms with Gasteiger partial charge in [0, 0.05) is 29.8 Å². The third-order valence-corrected chi connectivity index (χ3v) is 5.73. The largest absolute Gasteiger partial charge is 0.467 e. The summed E-state index contributed by atoms with van der Waals surface area (Å²) in [4.78, 5) is 33.2. The standard InChI is InChI=1S/C25H23FN6O4/c1-25(23(33)29-17-7-10-27-11-8-17)13-35-22(36-14-25)21-31-19(15-3-5-16(26)6-4-15)20(32-21)18-9-12-28-24(30-18)34-2/h3-12,22H,13-14H2,1-2H3,(H,31,32)(H,27,29,33). The lowest BCUT2D eigenvalue weighted by Gasteiger charge is -2.35. The Kier molecular flexibility index (Phi) is 6.40. The van der Waals surface area contributed by atoms with E-state index in [4.69, 9.17) is 14.2 Å². The number of ether oxygens (including phenoxy) is 3. The van der Waals surface area contributed by atoms with Gasteiger partial charge in [0.1, 0.15) is 5.82 Å². The van der Waals surface area contributed by atoms with Crippen molar-refractivity contribution >= 4 is 11.6 Å². The van der Waals surface area contributed by atoms with Gasteiger partial charge in [0.2, 0.25) is 12.2 Å². The number of methoxy groups -OCH3 is 1. The Morgan fingerprint density at radius 1 is 1.08 bits per heavy atom. The van der Waals surface area contributed by atoms with Crippen LogP contribution in [0.15, 0.2) is 61.1 Å². The predicted octanol–water partition coefficient (Wildman–Crippen LogP) is 3.77. The number of anilines is 1. The fourth-order valence-electron chi connectivity index (χ4n) is 3.70. The lowest BCUT2D eigenvalue weighted by atomic mass is 9.91. The number of imidazole rings is 1. The zero-order valence-electron chi connectivity index (χ0n) is 19.6. The highest BCUT2D eigenvalue weighted by molar-refractivity contribution is 5.95. The van der Waals surface area contributed by atoms with Gasteiger partial charge in [0.15, 0.2) is 5.82 Å². The van der Waals surface area contributed by atoms with Crippen LogP contribution in [0.3, 0.4) is 0 Å². The first kappa shape index (κ1) is 23.5. The Balaban J connectivity index is 1.40. The van der Waals surface area contributed by atoms with Crippen molar-refractivity contribution in [2.24, 2.45) is 5.41 Å². The molecule has 0 bridgehead atoms. The van der Waals surface area contributed by atoms with Crippen LogP contribution >= 0.6 is 0 Å². The molecule has 2 N–H and O–H groups in total. The predicted molar refractivity (Wildman–Crippen MR) is 127 cm³/mol. The number of carbonyl (C=O) groups is 1. The van der Waals surface area contributed by atoms with E-state index in [1.54, 1.807) is 55.8 Å². The normalized spacial score (nSPS) is 19.6. The fraction of sp³-hybridized carbons (Fsp3) is 0.240. The first-order valence-electron chi connectivity index (χ1n) is 11.1. The minimum absolute atomic E-state index is 0.109. The molecule has 10 nitrogen and oxygen atoms in total. The first-order valence-corrected chi connectivity index (χ1v) is 11.1. The molecule has 0 atom stereocenters. The number of nitrogens with one attached hydrogen (secondary N) is 2. The number of nitrogens with zero attached hydrogens (tertiary/aromatic N) is 4. The van der Waals surface area contributed by atoms with Crippen LogP contribution in [0.2, 0.25) is 0 Å². The summed E-state index contributed by atoms with van der Waals surface area (Å²) in [6.45, 7) is 1.99. The highest BCUT2D eigenvalue weighted by Gasteiger charge is 2.41. The van der Waals surface area contributed by atoms with Gasteiger partial charge in [-0.2, -0.15) is 4.98 Å². The van der Waals surface area contributed by atoms with E-state index in [0.717, 1.165) is 0 Å². The van der Waals surface area contributed by atoms with Gasteiger partial charge in [-0.1, -0.05) is 0 Å². The van der Waals surface area contributed by atoms with E-state index in [1.807, 2.05) is 0 Å². The van der Waals surface area contributed by atoms with E-state index in [9.17, 15) is 9.18 Å². The molecule has 11 heteroatoms. The molecule has 184 valence electrons. The average molecular weight is 490 g/mol. The van der Waals surface area contributed by atoms with Crippen LogP contribution in [0, 0.1) is 11.2 Å². The molecule has 5 rings (SSSR count). The summed E-state index contributed by atoms with van der Waals surface area (Å²) in [7, 11) is 1.48. The number of carbonyl (C=O) groups excluding carboxylic acids is 1. The van der Waals surface area contributed by atoms with Crippen molar-refractivity contribution in [2.45, 2.75) is 13.2 Å². The second kappa shape index (κ2) is 9.80. The molecule has 1 aliphatic rings. The van der Waals surface area contributed by atoms with Crippen LogP contribution in [0.1, 0.15) is 19.0 Å². The first-order chi connectivity index (χ1) is 17.4. The quantitative estimate of drug-likeness (QED) is 0.419. The zero-order valence-corrected chi connectivity index (χ0v) is 19.6. The number of aromatic amines is 1. The molecule has 0 saturated carbocycles. The van der Waals surface area contributed by atoms with Crippen LogP contribution < -0.4 is 10.1 Å². The summed E-state index contributed by atoms with van der Waals surface area (Å²) in [6.07, 6.45) is 3.92. The van der Waals surface area contributed by atoms with Crippen molar-refractivity contribution in [1.82, 2.24) is 24.9 Å². The maximum atomic E-state index is 13.6. The average Bonchev–Trinajstić information content (AvgIpc) is 3.35. The van der Waals surface area contributed by atoms with Crippen molar-refractivity contribution in [3.63, 3.8) is 0 Å². The molecule has 1 amide bonds. The maximum Gasteiger partial charge on any atom is 0.316 e. The SMILES string of the molecule is COc1nccc(-c2[nH]c(C3OCC(C)(C(=O)Nc4ccncc4)CO3)nc2-c2ccc(F)cc2)n1. The van der Waals surface area contributed by atoms with Gasteiger partial charge in [-0.05, 0) is 49.4 Å². The number of halogens is 1. The van der Waals surface area contributed by atoms with Crippen molar-refractivity contribution in [1.29, 1.82) is 0 Å². The van der Waals surface area contributed by atoms with E-state index in [2.05, 4.69) is 30.2 Å². The van der Waals surface area contributed by atoms with Gasteiger partial charge in [-0.25, -0.2) is 14.4 Å². The third kappa shape index (κ3) is 4.79. The lowest BCUT2D eigenvalue weighted by molar-refractivity contribution is -0.229. The van der Waals surface area contributed by atoms with Crippen molar-refractivity contribution < 1.29 is 23.4 Å². The highest BCUT2D eigenvalue weighted by Crippen LogP contribution is 2.36. The number of aromatic nitrogens is 5. The molecule has 1 fully saturated rings. The van der Waals surface area contributed by atoms with E-state index in [-0.39, 0.29) is 30.9 Å². The number of benzene rings is 1. The number of hydrogen-bond donors (Lipinski definition) is 2. The Hall–Kier alpha value is -4.22. The summed E-state index contributed by atoms with van der Waals surface area (Å²) in [6, 6.07) is 11.3. The second-order valence-electron chi connectivity index (χ2n) is 8.49. The lowest BCUT2D eigenvalue weighted by Crippen LogP contribution is -2.45. The Labute approximate surface area is 205 Å². The number of pyridine rings is 1. The number of H-pyrrole nitrogens is 1. The molecule has 1 aliphatic heterocycles. The fourth-order valence-corrected chi connectivity index (χ4v) is 3.70. The minimum Gasteiger partial charge on any atom is -0.467 e. The van der Waals surface area contributed by atoms with Crippen molar-refractivity contribution in [3.05, 3.63) is 72.7 Å². The van der Waals surface area contributed by atoms with Crippen molar-refractivity contribution in [2.75, 3.05) is 25.6 Å². The minimum atomic E-state index is -0.908. The van der Waals surface area contributed by atoms with E-state index in [1.165, 1.54) is 19.2 Å². The molecule has 3 aromatic heterocycles. The summed E-state index contributed by atoms with van der Waals surface area (Å²) in [5.74, 6) is -0.200. The van der Waals surface area contributed by atoms with E-state index >= 15 is 0 Å². The summed E-state index contributed by atoms with van der Waals surface area (Å²) >= 11 is 0. The molecule has 36 heavy (non-hydrogen) atoms. The topological polar surface area (TPSA) is 124 Å². The zero-order chi connectivity index (χ0) is 25.1. The van der Waals surface area contributed by atoms with Crippen LogP contribution in [0.25, 0.3) is 22.6 Å². The monoisotopic (exact) mass is 490 g/mol. The Morgan fingerprint density at radius 3 is 2.50 bits per heavy atom. The molecule has 0 aliphatic carbocycles. The molecule has 0 spiro atoms. The van der Waals surface area contributed by atoms with Gasteiger partial charge in [0.05, 0.1) is 42.8 Å². The summed E-state index contributed by atoms with van der Waals surface area (Å²) in [5, 5.41) is 2.86. The Bertz CT molecular complexity index is 1350. The van der Waals surface area contributed by atoms with Crippen LogP contribution in [0.4, 0.5) is 10.1 Å². The number of hydrogen-bond acceptors (Lipinski definition) is 8. The smallest absolute Gasteiger partial charge is 0.316 e. The molecule has 0 unspecified atom stereocenters. The van der Waals surface area contributed by atoms with Gasteiger partial charge in [-0.3, -0.25) is 9.78 Å². The van der Waals surface area contributed by atoms with Gasteiger partial charge >= 0.3 is 6.01 Å². The van der Waals surface area contributed by atoms with E-state index < -0.39 is 11.7 Å². The van der Waals surface area contributed by atoms with Crippen LogP contribution in [0.5, 0.6) is 6.01 Å². The second-order valence-corrected chi connectivity index (χ2v) is 8.49. The van der Waals surface area contributed by atoms with Gasteiger partial charge < -0.3 is 24.5 Å².